The van der Waals surface area contributed by atoms with Crippen molar-refractivity contribution in [3.63, 3.8) is 0 Å². The minimum Gasteiger partial charge on any atom is -0.481 e. The number of aliphatic hydroxyl groups is 1. The molecule has 0 saturated heterocycles. The van der Waals surface area contributed by atoms with Crippen LogP contribution in [0.25, 0.3) is 0 Å². The Labute approximate surface area is 177 Å². The molecular formula is C23H23FO7. The summed E-state index contributed by atoms with van der Waals surface area (Å²) >= 11 is 0. The number of rotatable bonds is 6. The van der Waals surface area contributed by atoms with E-state index in [1.165, 1.54) is 25.1 Å². The zero-order valence-corrected chi connectivity index (χ0v) is 17.3. The van der Waals surface area contributed by atoms with E-state index in [1.54, 1.807) is 26.0 Å². The van der Waals surface area contributed by atoms with Gasteiger partial charge in [-0.1, -0.05) is 24.3 Å². The first-order chi connectivity index (χ1) is 14.4. The van der Waals surface area contributed by atoms with Crippen LogP contribution in [0.2, 0.25) is 0 Å². The normalized spacial score (nSPS) is 25.4. The molecule has 164 valence electrons. The van der Waals surface area contributed by atoms with Crippen LogP contribution < -0.4 is 0 Å². The minimum absolute atomic E-state index is 0.104. The molecule has 0 aliphatic heterocycles. The third kappa shape index (κ3) is 3.90. The Morgan fingerprint density at radius 3 is 2.29 bits per heavy atom. The van der Waals surface area contributed by atoms with E-state index in [1.807, 2.05) is 0 Å². The highest BCUT2D eigenvalue weighted by Crippen LogP contribution is 2.42. The Kier molecular flexibility index (Phi) is 5.62. The predicted molar refractivity (Wildman–Crippen MR) is 107 cm³/mol. The van der Waals surface area contributed by atoms with Gasteiger partial charge in [-0.25, -0.2) is 9.18 Å². The van der Waals surface area contributed by atoms with E-state index in [9.17, 15) is 34.1 Å². The molecule has 8 heteroatoms. The zero-order valence-electron chi connectivity index (χ0n) is 17.3. The van der Waals surface area contributed by atoms with Crippen LogP contribution in [0.15, 0.2) is 40.8 Å². The maximum absolute atomic E-state index is 13.4. The van der Waals surface area contributed by atoms with Crippen LogP contribution in [0.1, 0.15) is 46.3 Å². The molecule has 0 fully saturated rings. The quantitative estimate of drug-likeness (QED) is 0.474. The Bertz CT molecular complexity index is 1080. The molecule has 3 rings (SSSR count). The summed E-state index contributed by atoms with van der Waals surface area (Å²) in [7, 11) is 0. The van der Waals surface area contributed by atoms with E-state index < -0.39 is 46.9 Å². The first-order valence-corrected chi connectivity index (χ1v) is 9.65. The average Bonchev–Trinajstić information content (AvgIpc) is 2.97. The summed E-state index contributed by atoms with van der Waals surface area (Å²) in [6, 6.07) is 5.72. The number of benzene rings is 1. The van der Waals surface area contributed by atoms with Crippen molar-refractivity contribution in [3.05, 3.63) is 70.4 Å². The van der Waals surface area contributed by atoms with Crippen LogP contribution >= 0.6 is 0 Å². The van der Waals surface area contributed by atoms with Gasteiger partial charge in [-0.05, 0) is 44.0 Å². The summed E-state index contributed by atoms with van der Waals surface area (Å²) in [6.45, 7) is 4.68. The third-order valence-corrected chi connectivity index (χ3v) is 5.98. The molecule has 31 heavy (non-hydrogen) atoms. The maximum Gasteiger partial charge on any atom is 0.336 e. The van der Waals surface area contributed by atoms with Crippen molar-refractivity contribution in [2.45, 2.75) is 39.2 Å². The molecule has 0 amide bonds. The molecule has 0 spiro atoms. The molecule has 1 aromatic heterocycles. The maximum atomic E-state index is 13.4. The molecule has 1 aliphatic rings. The summed E-state index contributed by atoms with van der Waals surface area (Å²) in [5, 5.41) is 30.0. The molecule has 3 N–H and O–H groups in total. The standard InChI is InChI=1S/C23H23FO7/c1-12-13(2)31-19(16(12)10-14-4-6-15(24)7-5-14)18(25)17-8-9-22(3,20(26)27)11-23(17,30)21(28)29/h4-9,17,30H,10-11H2,1-3H3,(H,26,27)(H,28,29). The number of carboxylic acid groups (broad SMARTS) is 2. The molecule has 1 aromatic carbocycles. The van der Waals surface area contributed by atoms with Crippen LogP contribution in [-0.2, 0) is 16.0 Å². The SMILES string of the molecule is Cc1oc(C(=O)C2C=CC(C)(C(=O)O)CC2(O)C(=O)O)c(Cc2ccc(F)cc2)c1C. The summed E-state index contributed by atoms with van der Waals surface area (Å²) in [5.74, 6) is -5.35. The number of Topliss-reactive ketones (excluding diaryl/α,β-unsaturated/α-hetero) is 1. The van der Waals surface area contributed by atoms with E-state index in [4.69, 9.17) is 4.42 Å². The van der Waals surface area contributed by atoms with Gasteiger partial charge in [0.15, 0.2) is 11.4 Å². The lowest BCUT2D eigenvalue weighted by atomic mass is 9.66. The Balaban J connectivity index is 2.06. The number of carbonyl (C=O) groups excluding carboxylic acids is 1. The minimum atomic E-state index is -2.62. The molecule has 2 aromatic rings. The largest absolute Gasteiger partial charge is 0.481 e. The topological polar surface area (TPSA) is 125 Å². The Morgan fingerprint density at radius 1 is 1.13 bits per heavy atom. The number of hydrogen-bond donors (Lipinski definition) is 3. The first kappa shape index (κ1) is 22.4. The Hall–Kier alpha value is -3.26. The van der Waals surface area contributed by atoms with Crippen molar-refractivity contribution < 1.29 is 38.5 Å². The molecule has 1 heterocycles. The van der Waals surface area contributed by atoms with Crippen LogP contribution in [0.5, 0.6) is 0 Å². The number of ketones is 1. The summed E-state index contributed by atoms with van der Waals surface area (Å²) in [5.41, 5.74) is -2.37. The molecular weight excluding hydrogens is 407 g/mol. The van der Waals surface area contributed by atoms with Crippen molar-refractivity contribution in [1.29, 1.82) is 0 Å². The fourth-order valence-electron chi connectivity index (χ4n) is 3.89. The summed E-state index contributed by atoms with van der Waals surface area (Å²) in [4.78, 5) is 36.8. The number of carbonyl (C=O) groups is 3. The highest BCUT2D eigenvalue weighted by molar-refractivity contribution is 6.03. The van der Waals surface area contributed by atoms with Gasteiger partial charge in [0.1, 0.15) is 11.6 Å². The van der Waals surface area contributed by atoms with E-state index >= 15 is 0 Å². The van der Waals surface area contributed by atoms with Crippen LogP contribution in [0, 0.1) is 31.0 Å². The lowest BCUT2D eigenvalue weighted by Crippen LogP contribution is -2.54. The van der Waals surface area contributed by atoms with Crippen LogP contribution in [-0.4, -0.2) is 38.6 Å². The Morgan fingerprint density at radius 2 is 1.74 bits per heavy atom. The number of halogens is 1. The van der Waals surface area contributed by atoms with Gasteiger partial charge in [0, 0.05) is 18.4 Å². The second-order valence-corrected chi connectivity index (χ2v) is 8.22. The lowest BCUT2D eigenvalue weighted by Gasteiger charge is -2.38. The van der Waals surface area contributed by atoms with Crippen LogP contribution in [0.4, 0.5) is 4.39 Å². The second kappa shape index (κ2) is 7.77. The van der Waals surface area contributed by atoms with Gasteiger partial charge in [0.25, 0.3) is 0 Å². The van der Waals surface area contributed by atoms with E-state index in [0.29, 0.717) is 22.5 Å². The fraction of sp³-hybridized carbons (Fsp3) is 0.348. The van der Waals surface area contributed by atoms with Crippen molar-refractivity contribution in [3.8, 4) is 0 Å². The molecule has 3 unspecified atom stereocenters. The third-order valence-electron chi connectivity index (χ3n) is 5.98. The van der Waals surface area contributed by atoms with Crippen molar-refractivity contribution >= 4 is 17.7 Å². The van der Waals surface area contributed by atoms with E-state index in [-0.39, 0.29) is 12.2 Å². The summed E-state index contributed by atoms with van der Waals surface area (Å²) < 4.78 is 18.9. The predicted octanol–water partition coefficient (Wildman–Crippen LogP) is 3.29. The molecule has 0 saturated carbocycles. The van der Waals surface area contributed by atoms with Gasteiger partial charge in [0.05, 0.1) is 11.3 Å². The van der Waals surface area contributed by atoms with Gasteiger partial charge >= 0.3 is 11.9 Å². The smallest absolute Gasteiger partial charge is 0.336 e. The molecule has 1 aliphatic carbocycles. The van der Waals surface area contributed by atoms with Gasteiger partial charge < -0.3 is 19.7 Å². The second-order valence-electron chi connectivity index (χ2n) is 8.22. The molecule has 0 radical (unpaired) electrons. The monoisotopic (exact) mass is 430 g/mol. The van der Waals surface area contributed by atoms with Crippen LogP contribution in [0.3, 0.4) is 0 Å². The number of aliphatic carboxylic acids is 2. The fourth-order valence-corrected chi connectivity index (χ4v) is 3.89. The summed E-state index contributed by atoms with van der Waals surface area (Å²) in [6.07, 6.45) is 1.92. The number of carboxylic acids is 2. The van der Waals surface area contributed by atoms with E-state index in [0.717, 1.165) is 6.08 Å². The molecule has 3 atom stereocenters. The number of furan rings is 1. The molecule has 0 bridgehead atoms. The van der Waals surface area contributed by atoms with Gasteiger partial charge in [-0.2, -0.15) is 0 Å². The number of hydrogen-bond acceptors (Lipinski definition) is 5. The van der Waals surface area contributed by atoms with Gasteiger partial charge in [0.2, 0.25) is 5.78 Å². The lowest BCUT2D eigenvalue weighted by molar-refractivity contribution is -0.169. The van der Waals surface area contributed by atoms with Gasteiger partial charge in [-0.3, -0.25) is 9.59 Å². The van der Waals surface area contributed by atoms with E-state index in [2.05, 4.69) is 0 Å². The highest BCUT2D eigenvalue weighted by atomic mass is 19.1. The van der Waals surface area contributed by atoms with Crippen molar-refractivity contribution in [2.24, 2.45) is 11.3 Å². The molecule has 7 nitrogen and oxygen atoms in total. The van der Waals surface area contributed by atoms with Gasteiger partial charge in [-0.15, -0.1) is 0 Å². The number of aryl methyl sites for hydroxylation is 1. The van der Waals surface area contributed by atoms with Crippen molar-refractivity contribution in [1.82, 2.24) is 0 Å². The highest BCUT2D eigenvalue weighted by Gasteiger charge is 2.56. The average molecular weight is 430 g/mol. The zero-order chi connectivity index (χ0) is 23.1. The van der Waals surface area contributed by atoms with Crippen molar-refractivity contribution in [2.75, 3.05) is 0 Å². The first-order valence-electron chi connectivity index (χ1n) is 9.65.